The number of hydrogen-bond donors (Lipinski definition) is 1. The van der Waals surface area contributed by atoms with Crippen molar-refractivity contribution < 1.29 is 14.6 Å². The first kappa shape index (κ1) is 19.3. The molecule has 3 aromatic carbocycles. The Hall–Kier alpha value is -2.63. The molecule has 2 aliphatic heterocycles. The summed E-state index contributed by atoms with van der Waals surface area (Å²) in [7, 11) is 3.84. The summed E-state index contributed by atoms with van der Waals surface area (Å²) >= 11 is 0. The lowest BCUT2D eigenvalue weighted by Crippen LogP contribution is -2.42. The van der Waals surface area contributed by atoms with E-state index < -0.39 is 6.10 Å². The lowest BCUT2D eigenvalue weighted by molar-refractivity contribution is 0.0821. The molecular weight excluding hydrogens is 378 g/mol. The standard InChI is InChI=1S/C17H21NO3.C8H6O/c1-18-8-7-17-6-5-12(19)9-14(17)21-16-13(20-2)4-3-11(10-18)15(16)17;1-5-2-3-6-7(4-5)8(6)9/h3-6,12,14,19H,7-10H2,1-2H3;2-4H,1H3/t12-,14-,17-;/m0./s1. The molecule has 0 unspecified atom stereocenters. The molecule has 0 fully saturated rings. The monoisotopic (exact) mass is 405 g/mol. The van der Waals surface area contributed by atoms with Crippen LogP contribution in [-0.4, -0.2) is 42.9 Å². The molecule has 156 valence electrons. The van der Waals surface area contributed by atoms with Gasteiger partial charge in [-0.15, -0.1) is 0 Å². The van der Waals surface area contributed by atoms with Crippen molar-refractivity contribution in [3.05, 3.63) is 69.4 Å². The fraction of sp³-hybridized carbons (Fsp3) is 0.400. The van der Waals surface area contributed by atoms with Crippen LogP contribution < -0.4 is 14.9 Å². The summed E-state index contributed by atoms with van der Waals surface area (Å²) < 4.78 is 11.8. The second-order valence-corrected chi connectivity index (χ2v) is 8.81. The zero-order valence-electron chi connectivity index (χ0n) is 17.6. The minimum Gasteiger partial charge on any atom is -0.493 e. The highest BCUT2D eigenvalue weighted by atomic mass is 16.5. The van der Waals surface area contributed by atoms with Gasteiger partial charge in [-0.1, -0.05) is 35.9 Å². The summed E-state index contributed by atoms with van der Waals surface area (Å²) in [4.78, 5) is 13.0. The molecule has 5 heteroatoms. The van der Waals surface area contributed by atoms with Crippen molar-refractivity contribution in [2.24, 2.45) is 0 Å². The molecule has 5 nitrogen and oxygen atoms in total. The third-order valence-corrected chi connectivity index (χ3v) is 6.75. The van der Waals surface area contributed by atoms with E-state index in [1.54, 1.807) is 7.11 Å². The van der Waals surface area contributed by atoms with Crippen LogP contribution in [0.15, 0.2) is 47.3 Å². The summed E-state index contributed by atoms with van der Waals surface area (Å²) in [6.45, 7) is 3.95. The van der Waals surface area contributed by atoms with Gasteiger partial charge in [0.2, 0.25) is 0 Å². The summed E-state index contributed by atoms with van der Waals surface area (Å²) in [5, 5.41) is 11.8. The highest BCUT2D eigenvalue weighted by Gasteiger charge is 2.52. The van der Waals surface area contributed by atoms with E-state index in [1.165, 1.54) is 16.7 Å². The molecule has 2 heterocycles. The molecule has 1 N–H and O–H groups in total. The zero-order chi connectivity index (χ0) is 21.0. The quantitative estimate of drug-likeness (QED) is 0.630. The van der Waals surface area contributed by atoms with Crippen LogP contribution in [-0.2, 0) is 12.0 Å². The van der Waals surface area contributed by atoms with Crippen molar-refractivity contribution >= 4 is 10.8 Å². The highest BCUT2D eigenvalue weighted by Crippen LogP contribution is 2.55. The molecule has 1 spiro atoms. The van der Waals surface area contributed by atoms with Crippen LogP contribution in [0, 0.1) is 6.92 Å². The molecule has 30 heavy (non-hydrogen) atoms. The highest BCUT2D eigenvalue weighted by molar-refractivity contribution is 5.97. The molecule has 0 aromatic heterocycles. The maximum absolute atomic E-state index is 10.7. The summed E-state index contributed by atoms with van der Waals surface area (Å²) in [5.74, 6) is 1.68. The molecule has 6 rings (SSSR count). The van der Waals surface area contributed by atoms with E-state index in [2.05, 4.69) is 24.1 Å². The van der Waals surface area contributed by atoms with Gasteiger partial charge in [-0.05, 0) is 44.6 Å². The first-order valence-electron chi connectivity index (χ1n) is 10.5. The van der Waals surface area contributed by atoms with Gasteiger partial charge in [-0.3, -0.25) is 4.79 Å². The largest absolute Gasteiger partial charge is 0.493 e. The van der Waals surface area contributed by atoms with Gasteiger partial charge in [0.05, 0.1) is 18.6 Å². The average molecular weight is 405 g/mol. The first-order valence-corrected chi connectivity index (χ1v) is 10.5. The van der Waals surface area contributed by atoms with Crippen molar-refractivity contribution in [1.29, 1.82) is 0 Å². The summed E-state index contributed by atoms with van der Waals surface area (Å²) in [6.07, 6.45) is 5.38. The van der Waals surface area contributed by atoms with Gasteiger partial charge in [0, 0.05) is 29.3 Å². The summed E-state index contributed by atoms with van der Waals surface area (Å²) in [6, 6.07) is 9.93. The second-order valence-electron chi connectivity index (χ2n) is 8.81. The van der Waals surface area contributed by atoms with Crippen LogP contribution in [0.2, 0.25) is 0 Å². The molecule has 0 amide bonds. The smallest absolute Gasteiger partial charge is 0.194 e. The molecule has 0 saturated carbocycles. The van der Waals surface area contributed by atoms with Gasteiger partial charge in [-0.25, -0.2) is 0 Å². The predicted octanol–water partition coefficient (Wildman–Crippen LogP) is 3.23. The van der Waals surface area contributed by atoms with Crippen LogP contribution in [0.5, 0.6) is 11.5 Å². The number of fused-ring (bicyclic) bond motifs is 1. The van der Waals surface area contributed by atoms with Crippen LogP contribution in [0.1, 0.15) is 29.5 Å². The molecule has 0 saturated heterocycles. The van der Waals surface area contributed by atoms with Crippen molar-refractivity contribution in [1.82, 2.24) is 4.90 Å². The molecule has 3 aliphatic rings. The zero-order valence-corrected chi connectivity index (χ0v) is 17.6. The number of aliphatic hydroxyl groups is 1. The molecule has 0 bridgehead atoms. The minimum absolute atomic E-state index is 0.00838. The van der Waals surface area contributed by atoms with E-state index in [4.69, 9.17) is 9.47 Å². The number of ether oxygens (including phenoxy) is 2. The number of benzene rings is 2. The van der Waals surface area contributed by atoms with Gasteiger partial charge in [0.1, 0.15) is 6.10 Å². The van der Waals surface area contributed by atoms with Crippen molar-refractivity contribution in [2.75, 3.05) is 20.7 Å². The normalized spacial score (nSPS) is 27.1. The van der Waals surface area contributed by atoms with E-state index >= 15 is 0 Å². The Morgan fingerprint density at radius 1 is 1.23 bits per heavy atom. The van der Waals surface area contributed by atoms with E-state index in [1.807, 2.05) is 37.3 Å². The third kappa shape index (κ3) is 2.96. The fourth-order valence-electron chi connectivity index (χ4n) is 5.07. The van der Waals surface area contributed by atoms with Gasteiger partial charge >= 0.3 is 0 Å². The third-order valence-electron chi connectivity index (χ3n) is 6.75. The number of nitrogens with zero attached hydrogens (tertiary/aromatic N) is 1. The lowest BCUT2D eigenvalue weighted by Gasteiger charge is -2.35. The van der Waals surface area contributed by atoms with Crippen molar-refractivity contribution in [3.8, 4) is 11.5 Å². The number of aliphatic hydroxyl groups excluding tert-OH is 1. The Balaban J connectivity index is 0.000000178. The van der Waals surface area contributed by atoms with Crippen LogP contribution in [0.3, 0.4) is 0 Å². The Morgan fingerprint density at radius 3 is 2.80 bits per heavy atom. The van der Waals surface area contributed by atoms with E-state index in [0.29, 0.717) is 6.42 Å². The van der Waals surface area contributed by atoms with E-state index in [9.17, 15) is 9.90 Å². The Kier molecular flexibility index (Phi) is 4.49. The Morgan fingerprint density at radius 2 is 2.07 bits per heavy atom. The minimum atomic E-state index is -0.412. The number of aryl methyl sites for hydroxylation is 1. The van der Waals surface area contributed by atoms with Gasteiger partial charge in [-0.2, -0.15) is 0 Å². The van der Waals surface area contributed by atoms with Crippen molar-refractivity contribution in [2.45, 2.75) is 43.9 Å². The lowest BCUT2D eigenvalue weighted by atomic mass is 9.69. The molecular formula is C25H27NO4. The van der Waals surface area contributed by atoms with Crippen LogP contribution in [0.4, 0.5) is 0 Å². The fourth-order valence-corrected chi connectivity index (χ4v) is 5.07. The summed E-state index contributed by atoms with van der Waals surface area (Å²) in [5.41, 5.74) is 3.87. The molecule has 3 aromatic rings. The van der Waals surface area contributed by atoms with Gasteiger partial charge < -0.3 is 19.5 Å². The Labute approximate surface area is 176 Å². The maximum Gasteiger partial charge on any atom is 0.194 e. The van der Waals surface area contributed by atoms with Gasteiger partial charge in [0.25, 0.3) is 0 Å². The Bertz CT molecular complexity index is 1160. The maximum atomic E-state index is 10.7. The van der Waals surface area contributed by atoms with E-state index in [-0.39, 0.29) is 16.9 Å². The topological polar surface area (TPSA) is 59.0 Å². The average Bonchev–Trinajstić information content (AvgIpc) is 3.27. The van der Waals surface area contributed by atoms with Crippen LogP contribution in [0.25, 0.3) is 10.8 Å². The van der Waals surface area contributed by atoms with Gasteiger partial charge in [0.15, 0.2) is 16.9 Å². The number of rotatable bonds is 1. The number of hydrogen-bond acceptors (Lipinski definition) is 5. The number of methoxy groups -OCH3 is 1. The van der Waals surface area contributed by atoms with Crippen LogP contribution >= 0.6 is 0 Å². The van der Waals surface area contributed by atoms with E-state index in [0.717, 1.165) is 41.8 Å². The predicted molar refractivity (Wildman–Crippen MR) is 117 cm³/mol. The van der Waals surface area contributed by atoms with Crippen molar-refractivity contribution in [3.63, 3.8) is 0 Å². The first-order chi connectivity index (χ1) is 14.4. The SMILES string of the molecule is COc1ccc2c3c1O[C@H]1C[C@@H](O)C=C[C@@]31CCN(C)C2.Cc1ccc2c(=O)c2c1. The second kappa shape index (κ2) is 6.96. The molecule has 3 atom stereocenters. The molecule has 0 radical (unpaired) electrons. The molecule has 1 aliphatic carbocycles.